The molecule has 0 N–H and O–H groups in total. The first kappa shape index (κ1) is 33.8. The molecule has 0 aromatic carbocycles. The van der Waals surface area contributed by atoms with E-state index < -0.39 is 68.2 Å². The number of hydrogen-bond acceptors (Lipinski definition) is 2. The van der Waals surface area contributed by atoms with Crippen LogP contribution in [0.4, 0.5) is 83.4 Å². The van der Waals surface area contributed by atoms with E-state index in [2.05, 4.69) is 8.85 Å². The molecule has 212 valence electrons. The number of rotatable bonds is 11. The molecule has 0 aromatic heterocycles. The van der Waals surface area contributed by atoms with E-state index in [4.69, 9.17) is 0 Å². The molecule has 0 radical (unpaired) electrons. The number of halogens is 19. The van der Waals surface area contributed by atoms with Crippen molar-refractivity contribution in [3.63, 3.8) is 0 Å². The third-order valence-corrected chi connectivity index (χ3v) is 7.40. The van der Waals surface area contributed by atoms with Crippen molar-refractivity contribution in [1.82, 2.24) is 0 Å². The van der Waals surface area contributed by atoms with Gasteiger partial charge in [-0.1, -0.05) is 0 Å². The SMILES string of the molecule is CO[Si](C)(CC(F)(F)C(F)(F)C(F)(F)C(F)(F)C(F)(F)C(F)(F)C(F)(F)C(F)(F)C(F)(F)F)OC. The molecule has 0 spiro atoms. The topological polar surface area (TPSA) is 18.5 Å². The lowest BCUT2D eigenvalue weighted by atomic mass is 9.87. The zero-order valence-electron chi connectivity index (χ0n) is 16.7. The van der Waals surface area contributed by atoms with Crippen molar-refractivity contribution < 1.29 is 92.3 Å². The molecule has 22 heteroatoms. The summed E-state index contributed by atoms with van der Waals surface area (Å²) in [7, 11) is -3.85. The zero-order valence-corrected chi connectivity index (χ0v) is 17.7. The molecule has 0 aliphatic rings. The van der Waals surface area contributed by atoms with E-state index in [-0.39, 0.29) is 0 Å². The second kappa shape index (κ2) is 8.69. The fourth-order valence-electron chi connectivity index (χ4n) is 2.14. The molecule has 0 fully saturated rings. The maximum atomic E-state index is 13.8. The molecule has 0 amide bonds. The van der Waals surface area contributed by atoms with Crippen molar-refractivity contribution in [1.29, 1.82) is 0 Å². The monoisotopic (exact) mass is 588 g/mol. The molecule has 0 aliphatic carbocycles. The van der Waals surface area contributed by atoms with Crippen LogP contribution in [-0.2, 0) is 8.85 Å². The summed E-state index contributed by atoms with van der Waals surface area (Å²) in [4.78, 5) is 0. The van der Waals surface area contributed by atoms with Gasteiger partial charge in [0.15, 0.2) is 0 Å². The first-order valence-corrected chi connectivity index (χ1v) is 10.5. The van der Waals surface area contributed by atoms with Gasteiger partial charge in [0.2, 0.25) is 0 Å². The Balaban J connectivity index is 6.91. The average molecular weight is 588 g/mol. The Morgan fingerprint density at radius 1 is 0.429 bits per heavy atom. The van der Waals surface area contributed by atoms with Gasteiger partial charge in [-0.05, 0) is 6.55 Å². The van der Waals surface area contributed by atoms with Gasteiger partial charge in [0.1, 0.15) is 0 Å². The largest absolute Gasteiger partial charge is 0.460 e. The Labute approximate surface area is 182 Å². The predicted octanol–water partition coefficient (Wildman–Crippen LogP) is 7.00. The van der Waals surface area contributed by atoms with E-state index in [9.17, 15) is 83.4 Å². The molecule has 35 heavy (non-hydrogen) atoms. The normalized spacial score (nSPS) is 16.6. The maximum absolute atomic E-state index is 13.8. The maximum Gasteiger partial charge on any atom is 0.460 e. The second-order valence-electron chi connectivity index (χ2n) is 6.94. The van der Waals surface area contributed by atoms with Crippen molar-refractivity contribution in [2.45, 2.75) is 66.1 Å². The molecule has 0 bridgehead atoms. The Hall–Kier alpha value is -1.19. The van der Waals surface area contributed by atoms with Gasteiger partial charge in [-0.25, -0.2) is 0 Å². The lowest BCUT2D eigenvalue weighted by molar-refractivity contribution is -0.468. The quantitative estimate of drug-likeness (QED) is 0.191. The molecular weight excluding hydrogens is 577 g/mol. The highest BCUT2D eigenvalue weighted by molar-refractivity contribution is 6.66. The van der Waals surface area contributed by atoms with Gasteiger partial charge in [0.25, 0.3) is 0 Å². The summed E-state index contributed by atoms with van der Waals surface area (Å²) in [6.45, 7) is 0.399. The molecular formula is C13H11F19O2Si. The third-order valence-electron chi connectivity index (χ3n) is 4.59. The Bertz CT molecular complexity index is 754. The minimum atomic E-state index is -8.93. The van der Waals surface area contributed by atoms with E-state index in [0.29, 0.717) is 20.8 Å². The highest BCUT2D eigenvalue weighted by Gasteiger charge is 2.96. The Morgan fingerprint density at radius 2 is 0.657 bits per heavy atom. The van der Waals surface area contributed by atoms with Gasteiger partial charge < -0.3 is 8.85 Å². The summed E-state index contributed by atoms with van der Waals surface area (Å²) < 4.78 is 259. The van der Waals surface area contributed by atoms with Crippen molar-refractivity contribution >= 4 is 8.56 Å². The van der Waals surface area contributed by atoms with E-state index in [1.54, 1.807) is 0 Å². The fraction of sp³-hybridized carbons (Fsp3) is 1.00. The number of alkyl halides is 19. The first-order valence-electron chi connectivity index (χ1n) is 8.02. The van der Waals surface area contributed by atoms with Crippen LogP contribution in [0, 0.1) is 0 Å². The summed E-state index contributed by atoms with van der Waals surface area (Å²) in [5, 5.41) is 0. The molecule has 0 heterocycles. The van der Waals surface area contributed by atoms with Gasteiger partial charge in [0, 0.05) is 14.2 Å². The number of hydrogen-bond donors (Lipinski definition) is 0. The summed E-state index contributed by atoms with van der Waals surface area (Å²) in [6, 6.07) is -2.78. The first-order chi connectivity index (χ1) is 14.8. The second-order valence-corrected chi connectivity index (χ2v) is 10.4. The molecule has 0 rings (SSSR count). The lowest BCUT2D eigenvalue weighted by Gasteiger charge is -2.44. The van der Waals surface area contributed by atoms with Crippen LogP contribution >= 0.6 is 0 Å². The van der Waals surface area contributed by atoms with E-state index >= 15 is 0 Å². The van der Waals surface area contributed by atoms with E-state index in [1.807, 2.05) is 0 Å². The molecule has 0 aromatic rings. The molecule has 0 saturated heterocycles. The van der Waals surface area contributed by atoms with Crippen LogP contribution in [0.15, 0.2) is 0 Å². The van der Waals surface area contributed by atoms with Crippen molar-refractivity contribution in [2.75, 3.05) is 14.2 Å². The zero-order chi connectivity index (χ0) is 29.1. The minimum Gasteiger partial charge on any atom is -0.398 e. The van der Waals surface area contributed by atoms with Gasteiger partial charge in [-0.2, -0.15) is 83.4 Å². The van der Waals surface area contributed by atoms with Gasteiger partial charge in [-0.3, -0.25) is 0 Å². The van der Waals surface area contributed by atoms with Crippen LogP contribution in [0.3, 0.4) is 0 Å². The molecule has 0 saturated carbocycles. The van der Waals surface area contributed by atoms with E-state index in [0.717, 1.165) is 0 Å². The van der Waals surface area contributed by atoms with Crippen molar-refractivity contribution in [3.05, 3.63) is 0 Å². The molecule has 0 atom stereocenters. The van der Waals surface area contributed by atoms with E-state index in [1.165, 1.54) is 0 Å². The van der Waals surface area contributed by atoms with Gasteiger partial charge in [0.05, 0.1) is 6.04 Å². The van der Waals surface area contributed by atoms with Crippen LogP contribution in [-0.4, -0.2) is 76.3 Å². The lowest BCUT2D eigenvalue weighted by Crippen LogP contribution is -2.76. The van der Waals surface area contributed by atoms with Crippen LogP contribution < -0.4 is 0 Å². The Morgan fingerprint density at radius 3 is 0.886 bits per heavy atom. The standard InChI is InChI=1S/C13H11F19O2Si/c1-33-35(3,34-2)4-5(14,15)6(16,17)7(18,19)8(20,21)9(22,23)10(24,25)11(26,27)12(28,29)13(30,31)32/h4H2,1-3H3. The smallest absolute Gasteiger partial charge is 0.398 e. The summed E-state index contributed by atoms with van der Waals surface area (Å²) >= 11 is 0. The van der Waals surface area contributed by atoms with Crippen LogP contribution in [0.1, 0.15) is 0 Å². The minimum absolute atomic E-state index is 0.399. The van der Waals surface area contributed by atoms with Crippen LogP contribution in [0.2, 0.25) is 12.6 Å². The average Bonchev–Trinajstić information content (AvgIpc) is 2.65. The van der Waals surface area contributed by atoms with Crippen molar-refractivity contribution in [2.24, 2.45) is 0 Å². The molecule has 0 unspecified atom stereocenters. The summed E-state index contributed by atoms with van der Waals surface area (Å²) in [6.07, 6.45) is -7.90. The third kappa shape index (κ3) is 4.54. The van der Waals surface area contributed by atoms with Crippen LogP contribution in [0.25, 0.3) is 0 Å². The molecule has 2 nitrogen and oxygen atoms in total. The summed E-state index contributed by atoms with van der Waals surface area (Å²) in [5.74, 6) is -66.6. The summed E-state index contributed by atoms with van der Waals surface area (Å²) in [5.41, 5.74) is 0. The van der Waals surface area contributed by atoms with Gasteiger partial charge in [-0.15, -0.1) is 0 Å². The van der Waals surface area contributed by atoms with Crippen LogP contribution in [0.5, 0.6) is 0 Å². The highest BCUT2D eigenvalue weighted by atomic mass is 28.4. The van der Waals surface area contributed by atoms with Gasteiger partial charge >= 0.3 is 62.1 Å². The Kier molecular flexibility index (Phi) is 8.39. The highest BCUT2D eigenvalue weighted by Crippen LogP contribution is 2.65. The van der Waals surface area contributed by atoms with Crippen molar-refractivity contribution in [3.8, 4) is 0 Å². The fourth-order valence-corrected chi connectivity index (χ4v) is 3.62. The molecule has 0 aliphatic heterocycles. The predicted molar refractivity (Wildman–Crippen MR) is 76.1 cm³/mol.